The van der Waals surface area contributed by atoms with Gasteiger partial charge in [0.2, 0.25) is 0 Å². The maximum atomic E-state index is 9.02. The van der Waals surface area contributed by atoms with Crippen molar-refractivity contribution in [2.24, 2.45) is 17.1 Å². The molecule has 0 aromatic heterocycles. The maximum Gasteiger partial charge on any atom is 0.0963 e. The number of nitrogens with zero attached hydrogens (tertiary/aromatic N) is 1. The number of hydrogen-bond donors (Lipinski definition) is 3. The van der Waals surface area contributed by atoms with Crippen molar-refractivity contribution in [2.75, 3.05) is 26.2 Å². The van der Waals surface area contributed by atoms with Crippen LogP contribution in [0.5, 0.6) is 0 Å². The zero-order valence-corrected chi connectivity index (χ0v) is 9.79. The fraction of sp³-hybridized carbons (Fsp3) is 0.909. The number of hydrogen-bond acceptors (Lipinski definition) is 3. The molecule has 1 saturated heterocycles. The van der Waals surface area contributed by atoms with Gasteiger partial charge >= 0.3 is 0 Å². The molecule has 0 bridgehead atoms. The van der Waals surface area contributed by atoms with Crippen molar-refractivity contribution in [3.63, 3.8) is 0 Å². The van der Waals surface area contributed by atoms with E-state index < -0.39 is 0 Å². The number of rotatable bonds is 5. The molecule has 0 radical (unpaired) electrons. The lowest BCUT2D eigenvalue weighted by molar-refractivity contribution is 0.217. The van der Waals surface area contributed by atoms with E-state index in [1.165, 1.54) is 0 Å². The van der Waals surface area contributed by atoms with Gasteiger partial charge in [-0.05, 0) is 31.8 Å². The lowest BCUT2D eigenvalue weighted by Gasteiger charge is -2.26. The summed E-state index contributed by atoms with van der Waals surface area (Å²) in [5.41, 5.74) is 5.34. The molecule has 0 aliphatic carbocycles. The van der Waals surface area contributed by atoms with Gasteiger partial charge in [-0.2, -0.15) is 0 Å². The summed E-state index contributed by atoms with van der Waals surface area (Å²) >= 11 is 0. The molecule has 4 N–H and O–H groups in total. The van der Waals surface area contributed by atoms with Crippen molar-refractivity contribution in [3.8, 4) is 0 Å². The average molecular weight is 213 g/mol. The third kappa shape index (κ3) is 3.47. The highest BCUT2D eigenvalue weighted by atomic mass is 16.3. The standard InChI is InChI=1S/C11H23N3O/c1-11(2,10(12)13)4-6-14-5-3-9(7-14)8-15/h9,15H,3-8H2,1-2H3,(H3,12,13). The van der Waals surface area contributed by atoms with Crippen LogP contribution in [0.15, 0.2) is 0 Å². The highest BCUT2D eigenvalue weighted by molar-refractivity contribution is 5.82. The summed E-state index contributed by atoms with van der Waals surface area (Å²) in [5.74, 6) is 0.714. The monoisotopic (exact) mass is 213 g/mol. The minimum Gasteiger partial charge on any atom is -0.396 e. The summed E-state index contributed by atoms with van der Waals surface area (Å²) in [6.45, 7) is 7.35. The van der Waals surface area contributed by atoms with Gasteiger partial charge in [0.05, 0.1) is 5.84 Å². The molecule has 0 aromatic rings. The average Bonchev–Trinajstić information content (AvgIpc) is 2.62. The Morgan fingerprint density at radius 2 is 2.27 bits per heavy atom. The van der Waals surface area contributed by atoms with Crippen LogP contribution >= 0.6 is 0 Å². The van der Waals surface area contributed by atoms with E-state index in [1.807, 2.05) is 13.8 Å². The van der Waals surface area contributed by atoms with Crippen LogP contribution in [0, 0.1) is 16.7 Å². The highest BCUT2D eigenvalue weighted by Crippen LogP contribution is 2.22. The van der Waals surface area contributed by atoms with E-state index >= 15 is 0 Å². The van der Waals surface area contributed by atoms with E-state index in [4.69, 9.17) is 16.2 Å². The molecule has 1 rings (SSSR count). The van der Waals surface area contributed by atoms with Gasteiger partial charge in [-0.1, -0.05) is 13.8 Å². The predicted octanol–water partition coefficient (Wildman–Crippen LogP) is 0.653. The van der Waals surface area contributed by atoms with Gasteiger partial charge in [-0.3, -0.25) is 5.41 Å². The second-order valence-corrected chi connectivity index (χ2v) is 5.19. The SMILES string of the molecule is CC(C)(CCN1CCC(CO)C1)C(=N)N. The molecule has 0 spiro atoms. The number of nitrogens with one attached hydrogen (secondary N) is 1. The Labute approximate surface area is 92.0 Å². The Bertz CT molecular complexity index is 228. The Kier molecular flexibility index (Phi) is 4.11. The summed E-state index contributed by atoms with van der Waals surface area (Å²) in [4.78, 5) is 2.35. The number of aliphatic hydroxyl groups excluding tert-OH is 1. The summed E-state index contributed by atoms with van der Waals surface area (Å²) in [7, 11) is 0. The van der Waals surface area contributed by atoms with Crippen molar-refractivity contribution < 1.29 is 5.11 Å². The van der Waals surface area contributed by atoms with Gasteiger partial charge in [0.15, 0.2) is 0 Å². The van der Waals surface area contributed by atoms with E-state index in [0.717, 1.165) is 32.5 Å². The third-order valence-electron chi connectivity index (χ3n) is 3.41. The van der Waals surface area contributed by atoms with Gasteiger partial charge in [0.25, 0.3) is 0 Å². The highest BCUT2D eigenvalue weighted by Gasteiger charge is 2.26. The third-order valence-corrected chi connectivity index (χ3v) is 3.41. The molecule has 0 saturated carbocycles. The molecule has 1 unspecified atom stereocenters. The Hall–Kier alpha value is -0.610. The maximum absolute atomic E-state index is 9.02. The zero-order valence-electron chi connectivity index (χ0n) is 9.79. The topological polar surface area (TPSA) is 73.3 Å². The Balaban J connectivity index is 2.29. The minimum atomic E-state index is -0.197. The Morgan fingerprint density at radius 1 is 1.60 bits per heavy atom. The van der Waals surface area contributed by atoms with Gasteiger partial charge < -0.3 is 15.7 Å². The number of likely N-dealkylation sites (tertiary alicyclic amines) is 1. The lowest BCUT2D eigenvalue weighted by Crippen LogP contribution is -2.35. The van der Waals surface area contributed by atoms with Gasteiger partial charge in [0.1, 0.15) is 0 Å². The van der Waals surface area contributed by atoms with E-state index in [0.29, 0.717) is 12.5 Å². The van der Waals surface area contributed by atoms with E-state index in [-0.39, 0.29) is 11.3 Å². The van der Waals surface area contributed by atoms with Gasteiger partial charge in [-0.15, -0.1) is 0 Å². The van der Waals surface area contributed by atoms with Crippen LogP contribution in [0.3, 0.4) is 0 Å². The van der Waals surface area contributed by atoms with Crippen LogP contribution < -0.4 is 5.73 Å². The quantitative estimate of drug-likeness (QED) is 0.464. The smallest absolute Gasteiger partial charge is 0.0963 e. The molecule has 4 nitrogen and oxygen atoms in total. The summed E-state index contributed by atoms with van der Waals surface area (Å²) in [6, 6.07) is 0. The van der Waals surface area contributed by atoms with E-state index in [2.05, 4.69) is 4.90 Å². The fourth-order valence-electron chi connectivity index (χ4n) is 1.84. The van der Waals surface area contributed by atoms with Crippen LogP contribution in [0.1, 0.15) is 26.7 Å². The van der Waals surface area contributed by atoms with Crippen molar-refractivity contribution in [2.45, 2.75) is 26.7 Å². The zero-order chi connectivity index (χ0) is 11.5. The molecule has 88 valence electrons. The normalized spacial score (nSPS) is 23.3. The van der Waals surface area contributed by atoms with E-state index in [1.54, 1.807) is 0 Å². The van der Waals surface area contributed by atoms with Crippen LogP contribution in [-0.4, -0.2) is 42.1 Å². The molecular weight excluding hydrogens is 190 g/mol. The van der Waals surface area contributed by atoms with Crippen LogP contribution in [0.4, 0.5) is 0 Å². The predicted molar refractivity (Wildman–Crippen MR) is 61.9 cm³/mol. The Morgan fingerprint density at radius 3 is 2.73 bits per heavy atom. The molecular formula is C11H23N3O. The van der Waals surface area contributed by atoms with Crippen molar-refractivity contribution in [1.29, 1.82) is 5.41 Å². The van der Waals surface area contributed by atoms with Gasteiger partial charge in [0, 0.05) is 18.6 Å². The van der Waals surface area contributed by atoms with Crippen LogP contribution in [0.25, 0.3) is 0 Å². The molecule has 1 fully saturated rings. The number of nitrogens with two attached hydrogens (primary N) is 1. The largest absolute Gasteiger partial charge is 0.396 e. The van der Waals surface area contributed by atoms with Crippen LogP contribution in [0.2, 0.25) is 0 Å². The minimum absolute atomic E-state index is 0.197. The molecule has 4 heteroatoms. The molecule has 1 aliphatic heterocycles. The molecule has 1 aliphatic rings. The van der Waals surface area contributed by atoms with Gasteiger partial charge in [-0.25, -0.2) is 0 Å². The molecule has 0 aromatic carbocycles. The number of amidine groups is 1. The van der Waals surface area contributed by atoms with Crippen molar-refractivity contribution >= 4 is 5.84 Å². The van der Waals surface area contributed by atoms with Crippen molar-refractivity contribution in [3.05, 3.63) is 0 Å². The van der Waals surface area contributed by atoms with E-state index in [9.17, 15) is 0 Å². The fourth-order valence-corrected chi connectivity index (χ4v) is 1.84. The number of aliphatic hydroxyl groups is 1. The van der Waals surface area contributed by atoms with Crippen LogP contribution in [-0.2, 0) is 0 Å². The molecule has 0 amide bonds. The van der Waals surface area contributed by atoms with Crippen molar-refractivity contribution in [1.82, 2.24) is 4.90 Å². The first-order valence-electron chi connectivity index (χ1n) is 5.63. The second kappa shape index (κ2) is 4.94. The first-order valence-corrected chi connectivity index (χ1v) is 5.63. The summed E-state index contributed by atoms with van der Waals surface area (Å²) < 4.78 is 0. The molecule has 1 heterocycles. The molecule has 1 atom stereocenters. The first kappa shape index (κ1) is 12.5. The molecule has 15 heavy (non-hydrogen) atoms. The lowest BCUT2D eigenvalue weighted by atomic mass is 9.88. The summed E-state index contributed by atoms with van der Waals surface area (Å²) in [5, 5.41) is 16.5. The summed E-state index contributed by atoms with van der Waals surface area (Å²) in [6.07, 6.45) is 2.01. The first-order chi connectivity index (χ1) is 6.95. The second-order valence-electron chi connectivity index (χ2n) is 5.19.